The minimum absolute atomic E-state index is 0.0627. The number of imide groups is 1. The SMILES string of the molecule is O=C(NCCN1C(=O)S/C(=C\c2cccnc2)C1=O)C(=O)c1c(-c2ccccc2)nc2ccccn12. The lowest BCUT2D eigenvalue weighted by Gasteiger charge is -2.13. The van der Waals surface area contributed by atoms with Crippen LogP contribution < -0.4 is 5.32 Å². The lowest BCUT2D eigenvalue weighted by atomic mass is 10.1. The topological polar surface area (TPSA) is 114 Å². The molecule has 5 rings (SSSR count). The van der Waals surface area contributed by atoms with Crippen LogP contribution in [0.3, 0.4) is 0 Å². The normalized spacial score (nSPS) is 14.6. The summed E-state index contributed by atoms with van der Waals surface area (Å²) in [7, 11) is 0. The summed E-state index contributed by atoms with van der Waals surface area (Å²) in [6, 6.07) is 17.9. The van der Waals surface area contributed by atoms with Gasteiger partial charge in [-0.1, -0.05) is 42.5 Å². The summed E-state index contributed by atoms with van der Waals surface area (Å²) < 4.78 is 1.57. The van der Waals surface area contributed by atoms with Gasteiger partial charge in [0, 0.05) is 37.2 Å². The third kappa shape index (κ3) is 4.53. The molecule has 1 N–H and O–H groups in total. The maximum atomic E-state index is 13.2. The highest BCUT2D eigenvalue weighted by atomic mass is 32.2. The fraction of sp³-hybridized carbons (Fsp3) is 0.0769. The van der Waals surface area contributed by atoms with Crippen molar-refractivity contribution in [3.63, 3.8) is 0 Å². The lowest BCUT2D eigenvalue weighted by molar-refractivity contribution is -0.123. The molecular weight excluding hydrogens is 478 g/mol. The molecule has 1 aliphatic heterocycles. The molecule has 0 unspecified atom stereocenters. The van der Waals surface area contributed by atoms with Crippen LogP contribution in [0.15, 0.2) is 84.2 Å². The Kier molecular flexibility index (Phi) is 6.42. The van der Waals surface area contributed by atoms with Crippen LogP contribution in [0.5, 0.6) is 0 Å². The van der Waals surface area contributed by atoms with Gasteiger partial charge < -0.3 is 5.32 Å². The molecule has 0 radical (unpaired) electrons. The number of aromatic nitrogens is 3. The Hall–Kier alpha value is -4.57. The Labute approximate surface area is 209 Å². The van der Waals surface area contributed by atoms with Crippen LogP contribution >= 0.6 is 11.8 Å². The number of hydrogen-bond acceptors (Lipinski definition) is 7. The van der Waals surface area contributed by atoms with Crippen LogP contribution in [0, 0.1) is 0 Å². The maximum absolute atomic E-state index is 13.2. The number of carbonyl (C=O) groups excluding carboxylic acids is 4. The van der Waals surface area contributed by atoms with E-state index in [1.165, 1.54) is 0 Å². The van der Waals surface area contributed by atoms with Crippen molar-refractivity contribution in [3.8, 4) is 11.3 Å². The van der Waals surface area contributed by atoms with Gasteiger partial charge in [0.15, 0.2) is 0 Å². The van der Waals surface area contributed by atoms with E-state index in [4.69, 9.17) is 0 Å². The predicted octanol–water partition coefficient (Wildman–Crippen LogP) is 3.43. The highest BCUT2D eigenvalue weighted by Gasteiger charge is 2.35. The zero-order chi connectivity index (χ0) is 25.1. The molecule has 0 spiro atoms. The number of pyridine rings is 2. The Bertz CT molecular complexity index is 1520. The van der Waals surface area contributed by atoms with Crippen LogP contribution in [0.2, 0.25) is 0 Å². The molecule has 0 atom stereocenters. The first-order chi connectivity index (χ1) is 17.5. The fourth-order valence-electron chi connectivity index (χ4n) is 3.78. The quantitative estimate of drug-likeness (QED) is 0.236. The third-order valence-corrected chi connectivity index (χ3v) is 6.38. The molecule has 1 aromatic carbocycles. The van der Waals surface area contributed by atoms with Gasteiger partial charge in [0.05, 0.1) is 4.91 Å². The number of carbonyl (C=O) groups is 4. The number of Topliss-reactive ketones (excluding diaryl/α,β-unsaturated/α-hetero) is 1. The van der Waals surface area contributed by atoms with Crippen LogP contribution in [-0.4, -0.2) is 55.2 Å². The Morgan fingerprint density at radius 1 is 1.00 bits per heavy atom. The number of imidazole rings is 1. The van der Waals surface area contributed by atoms with Gasteiger partial charge in [0.25, 0.3) is 22.8 Å². The van der Waals surface area contributed by atoms with Crippen molar-refractivity contribution in [2.24, 2.45) is 0 Å². The van der Waals surface area contributed by atoms with Gasteiger partial charge in [0.1, 0.15) is 17.0 Å². The van der Waals surface area contributed by atoms with Gasteiger partial charge in [-0.25, -0.2) is 4.98 Å². The zero-order valence-electron chi connectivity index (χ0n) is 18.8. The van der Waals surface area contributed by atoms with Gasteiger partial charge >= 0.3 is 0 Å². The summed E-state index contributed by atoms with van der Waals surface area (Å²) in [5, 5.41) is 2.09. The second-order valence-corrected chi connectivity index (χ2v) is 8.80. The van der Waals surface area contributed by atoms with Gasteiger partial charge in [-0.2, -0.15) is 0 Å². The van der Waals surface area contributed by atoms with Crippen molar-refractivity contribution in [2.45, 2.75) is 0 Å². The standard InChI is InChI=1S/C26H19N5O4S/c32-23(22-21(18-8-2-1-3-9-18)29-20-10-4-5-13-30(20)22)24(33)28-12-14-31-25(34)19(36-26(31)35)15-17-7-6-11-27-16-17/h1-11,13,15-16H,12,14H2,(H,28,33)/b19-15-. The van der Waals surface area contributed by atoms with E-state index in [1.54, 1.807) is 59.4 Å². The Morgan fingerprint density at radius 3 is 2.58 bits per heavy atom. The molecule has 9 nitrogen and oxygen atoms in total. The minimum atomic E-state index is -0.851. The van der Waals surface area contributed by atoms with Crippen molar-refractivity contribution in [3.05, 3.63) is 95.4 Å². The van der Waals surface area contributed by atoms with Crippen LogP contribution in [0.4, 0.5) is 4.79 Å². The van der Waals surface area contributed by atoms with E-state index in [1.807, 2.05) is 30.3 Å². The molecule has 4 aromatic rings. The van der Waals surface area contributed by atoms with E-state index in [2.05, 4.69) is 15.3 Å². The van der Waals surface area contributed by atoms with Gasteiger partial charge in [0.2, 0.25) is 0 Å². The largest absolute Gasteiger partial charge is 0.347 e. The average Bonchev–Trinajstić information content (AvgIpc) is 3.42. The van der Waals surface area contributed by atoms with E-state index in [0.29, 0.717) is 22.5 Å². The molecule has 3 amide bonds. The number of benzene rings is 1. The van der Waals surface area contributed by atoms with Crippen molar-refractivity contribution < 1.29 is 19.2 Å². The van der Waals surface area contributed by atoms with E-state index in [9.17, 15) is 19.2 Å². The maximum Gasteiger partial charge on any atom is 0.294 e. The Balaban J connectivity index is 1.29. The number of ketones is 1. The van der Waals surface area contributed by atoms with E-state index < -0.39 is 22.8 Å². The fourth-order valence-corrected chi connectivity index (χ4v) is 4.65. The average molecular weight is 498 g/mol. The second-order valence-electron chi connectivity index (χ2n) is 7.81. The summed E-state index contributed by atoms with van der Waals surface area (Å²) >= 11 is 0.820. The summed E-state index contributed by atoms with van der Waals surface area (Å²) in [4.78, 5) is 60.9. The summed E-state index contributed by atoms with van der Waals surface area (Å²) in [6.07, 6.45) is 6.46. The molecule has 0 bridgehead atoms. The minimum Gasteiger partial charge on any atom is -0.347 e. The Morgan fingerprint density at radius 2 is 1.81 bits per heavy atom. The molecule has 10 heteroatoms. The molecule has 1 saturated heterocycles. The van der Waals surface area contributed by atoms with Crippen molar-refractivity contribution in [1.82, 2.24) is 24.6 Å². The molecule has 3 aromatic heterocycles. The molecule has 0 saturated carbocycles. The van der Waals surface area contributed by atoms with Crippen LogP contribution in [0.25, 0.3) is 23.0 Å². The summed E-state index contributed by atoms with van der Waals surface area (Å²) in [5.74, 6) is -2.07. The molecule has 4 heterocycles. The predicted molar refractivity (Wildman–Crippen MR) is 135 cm³/mol. The number of nitrogens with zero attached hydrogens (tertiary/aromatic N) is 4. The van der Waals surface area contributed by atoms with Crippen molar-refractivity contribution in [1.29, 1.82) is 0 Å². The molecule has 178 valence electrons. The van der Waals surface area contributed by atoms with Crippen LogP contribution in [-0.2, 0) is 9.59 Å². The summed E-state index contributed by atoms with van der Waals surface area (Å²) in [6.45, 7) is -0.132. The number of thioether (sulfide) groups is 1. The highest BCUT2D eigenvalue weighted by Crippen LogP contribution is 2.31. The number of rotatable bonds is 7. The van der Waals surface area contributed by atoms with E-state index in [-0.39, 0.29) is 23.7 Å². The number of hydrogen-bond donors (Lipinski definition) is 1. The molecule has 1 aliphatic rings. The monoisotopic (exact) mass is 497 g/mol. The molecule has 0 aliphatic carbocycles. The van der Waals surface area contributed by atoms with E-state index >= 15 is 0 Å². The summed E-state index contributed by atoms with van der Waals surface area (Å²) in [5.41, 5.74) is 2.47. The van der Waals surface area contributed by atoms with Gasteiger partial charge in [-0.3, -0.25) is 33.5 Å². The number of amides is 3. The molecule has 36 heavy (non-hydrogen) atoms. The third-order valence-electron chi connectivity index (χ3n) is 5.48. The smallest absolute Gasteiger partial charge is 0.294 e. The van der Waals surface area contributed by atoms with E-state index in [0.717, 1.165) is 16.7 Å². The van der Waals surface area contributed by atoms with Gasteiger partial charge in [-0.15, -0.1) is 0 Å². The lowest BCUT2D eigenvalue weighted by Crippen LogP contribution is -2.40. The molecular formula is C26H19N5O4S. The first-order valence-corrected chi connectivity index (χ1v) is 11.8. The number of nitrogens with one attached hydrogen (secondary N) is 1. The molecule has 1 fully saturated rings. The first kappa shape index (κ1) is 23.2. The number of fused-ring (bicyclic) bond motifs is 1. The van der Waals surface area contributed by atoms with Crippen molar-refractivity contribution >= 4 is 46.3 Å². The highest BCUT2D eigenvalue weighted by molar-refractivity contribution is 8.18. The second kappa shape index (κ2) is 9.96. The van der Waals surface area contributed by atoms with Crippen LogP contribution in [0.1, 0.15) is 16.1 Å². The first-order valence-electron chi connectivity index (χ1n) is 11.0. The van der Waals surface area contributed by atoms with Gasteiger partial charge in [-0.05, 0) is 41.6 Å². The zero-order valence-corrected chi connectivity index (χ0v) is 19.6. The van der Waals surface area contributed by atoms with Crippen molar-refractivity contribution in [2.75, 3.05) is 13.1 Å².